The fraction of sp³-hybridized carbons (Fsp3) is 0.538. The van der Waals surface area contributed by atoms with E-state index in [0.717, 1.165) is 5.56 Å². The van der Waals surface area contributed by atoms with Crippen molar-refractivity contribution < 1.29 is 13.5 Å². The quantitative estimate of drug-likeness (QED) is 0.839. The van der Waals surface area contributed by atoms with Gasteiger partial charge in [0.1, 0.15) is 9.84 Å². The number of hydrogen-bond acceptors (Lipinski definition) is 3. The second-order valence-electron chi connectivity index (χ2n) is 4.37. The van der Waals surface area contributed by atoms with Crippen LogP contribution in [0.25, 0.3) is 0 Å². The van der Waals surface area contributed by atoms with Gasteiger partial charge in [0.2, 0.25) is 0 Å². The molecule has 1 aromatic rings. The van der Waals surface area contributed by atoms with Crippen molar-refractivity contribution in [3.63, 3.8) is 0 Å². The van der Waals surface area contributed by atoms with E-state index in [2.05, 4.69) is 0 Å². The Morgan fingerprint density at radius 3 is 2.72 bits per heavy atom. The van der Waals surface area contributed by atoms with E-state index in [1.807, 2.05) is 18.2 Å². The molecule has 18 heavy (non-hydrogen) atoms. The zero-order valence-corrected chi connectivity index (χ0v) is 12.0. The molecule has 0 heterocycles. The lowest BCUT2D eigenvalue weighted by atomic mass is 10.0. The van der Waals surface area contributed by atoms with Gasteiger partial charge in [0.05, 0.1) is 11.9 Å². The van der Waals surface area contributed by atoms with E-state index in [0.29, 0.717) is 24.3 Å². The summed E-state index contributed by atoms with van der Waals surface area (Å²) in [4.78, 5) is 0. The number of halogens is 1. The summed E-state index contributed by atoms with van der Waals surface area (Å²) >= 11 is 5.85. The normalized spacial score (nSPS) is 13.5. The predicted octanol–water partition coefficient (Wildman–Crippen LogP) is 2.46. The lowest BCUT2D eigenvalue weighted by molar-refractivity contribution is 0.164. The standard InChI is InChI=1S/C13H19ClO3S/c1-2-18(16,17)8-4-7-13(15)10-11-5-3-6-12(14)9-11/h3,5-6,9,13,15H,2,4,7-8,10H2,1H3. The third-order valence-electron chi connectivity index (χ3n) is 2.79. The van der Waals surface area contributed by atoms with Crippen LogP contribution in [0, 0.1) is 0 Å². The van der Waals surface area contributed by atoms with Crippen molar-refractivity contribution in [2.24, 2.45) is 0 Å². The fourth-order valence-corrected chi connectivity index (χ4v) is 2.83. The Balaban J connectivity index is 2.36. The SMILES string of the molecule is CCS(=O)(=O)CCCC(O)Cc1cccc(Cl)c1. The molecule has 0 saturated heterocycles. The van der Waals surface area contributed by atoms with Crippen molar-refractivity contribution >= 4 is 21.4 Å². The first kappa shape index (κ1) is 15.5. The highest BCUT2D eigenvalue weighted by Gasteiger charge is 2.10. The average Bonchev–Trinajstić information content (AvgIpc) is 2.28. The van der Waals surface area contributed by atoms with Crippen LogP contribution in [0.2, 0.25) is 5.02 Å². The van der Waals surface area contributed by atoms with Crippen molar-refractivity contribution in [3.05, 3.63) is 34.9 Å². The summed E-state index contributed by atoms with van der Waals surface area (Å²) in [5.74, 6) is 0.313. The highest BCUT2D eigenvalue weighted by molar-refractivity contribution is 7.91. The molecular formula is C13H19ClO3S. The zero-order chi connectivity index (χ0) is 13.6. The Morgan fingerprint density at radius 2 is 2.11 bits per heavy atom. The number of aliphatic hydroxyl groups is 1. The van der Waals surface area contributed by atoms with Crippen LogP contribution in [-0.4, -0.2) is 31.1 Å². The highest BCUT2D eigenvalue weighted by Crippen LogP contribution is 2.14. The Bertz CT molecular complexity index is 471. The van der Waals surface area contributed by atoms with Gasteiger partial charge in [-0.25, -0.2) is 8.42 Å². The molecule has 0 aliphatic carbocycles. The average molecular weight is 291 g/mol. The molecule has 0 fully saturated rings. The van der Waals surface area contributed by atoms with Gasteiger partial charge in [0.25, 0.3) is 0 Å². The molecule has 0 bridgehead atoms. The summed E-state index contributed by atoms with van der Waals surface area (Å²) in [7, 11) is -2.93. The van der Waals surface area contributed by atoms with Crippen molar-refractivity contribution in [3.8, 4) is 0 Å². The predicted molar refractivity (Wildman–Crippen MR) is 74.7 cm³/mol. The maximum Gasteiger partial charge on any atom is 0.150 e. The molecule has 5 heteroatoms. The van der Waals surface area contributed by atoms with Crippen molar-refractivity contribution in [2.75, 3.05) is 11.5 Å². The van der Waals surface area contributed by atoms with Crippen LogP contribution < -0.4 is 0 Å². The maximum absolute atomic E-state index is 11.3. The monoisotopic (exact) mass is 290 g/mol. The van der Waals surface area contributed by atoms with E-state index < -0.39 is 15.9 Å². The molecule has 1 N–H and O–H groups in total. The molecule has 1 rings (SSSR count). The van der Waals surface area contributed by atoms with E-state index >= 15 is 0 Å². The highest BCUT2D eigenvalue weighted by atomic mass is 35.5. The first-order chi connectivity index (χ1) is 8.43. The van der Waals surface area contributed by atoms with Gasteiger partial charge in [-0.2, -0.15) is 0 Å². The third kappa shape index (κ3) is 5.85. The molecule has 0 amide bonds. The molecule has 1 aromatic carbocycles. The third-order valence-corrected chi connectivity index (χ3v) is 4.82. The Labute approximate surface area is 114 Å². The van der Waals surface area contributed by atoms with Crippen LogP contribution in [0.5, 0.6) is 0 Å². The molecule has 1 unspecified atom stereocenters. The second kappa shape index (κ2) is 7.12. The topological polar surface area (TPSA) is 54.4 Å². The van der Waals surface area contributed by atoms with Crippen molar-refractivity contribution in [1.29, 1.82) is 0 Å². The summed E-state index contributed by atoms with van der Waals surface area (Å²) in [5.41, 5.74) is 0.966. The van der Waals surface area contributed by atoms with Gasteiger partial charge < -0.3 is 5.11 Å². The number of aliphatic hydroxyl groups excluding tert-OH is 1. The van der Waals surface area contributed by atoms with Crippen LogP contribution in [0.15, 0.2) is 24.3 Å². The molecule has 0 saturated carbocycles. The lowest BCUT2D eigenvalue weighted by Gasteiger charge is -2.10. The smallest absolute Gasteiger partial charge is 0.150 e. The molecular weight excluding hydrogens is 272 g/mol. The van der Waals surface area contributed by atoms with Crippen LogP contribution >= 0.6 is 11.6 Å². The van der Waals surface area contributed by atoms with Crippen LogP contribution in [-0.2, 0) is 16.3 Å². The Hall–Kier alpha value is -0.580. The van der Waals surface area contributed by atoms with Crippen molar-refractivity contribution in [2.45, 2.75) is 32.3 Å². The minimum absolute atomic E-state index is 0.149. The van der Waals surface area contributed by atoms with Gasteiger partial charge in [-0.15, -0.1) is 0 Å². The molecule has 0 radical (unpaired) electrons. The van der Waals surface area contributed by atoms with E-state index in [1.54, 1.807) is 13.0 Å². The summed E-state index contributed by atoms with van der Waals surface area (Å²) in [5, 5.41) is 10.5. The molecule has 3 nitrogen and oxygen atoms in total. The number of benzene rings is 1. The first-order valence-corrected chi connectivity index (χ1v) is 8.26. The van der Waals surface area contributed by atoms with E-state index in [4.69, 9.17) is 11.6 Å². The van der Waals surface area contributed by atoms with E-state index in [-0.39, 0.29) is 11.5 Å². The Morgan fingerprint density at radius 1 is 1.39 bits per heavy atom. The van der Waals surface area contributed by atoms with E-state index in [1.165, 1.54) is 0 Å². The minimum Gasteiger partial charge on any atom is -0.393 e. The van der Waals surface area contributed by atoms with Gasteiger partial charge in [0, 0.05) is 10.8 Å². The van der Waals surface area contributed by atoms with E-state index in [9.17, 15) is 13.5 Å². The molecule has 0 aliphatic rings. The maximum atomic E-state index is 11.3. The van der Waals surface area contributed by atoms with Gasteiger partial charge in [-0.05, 0) is 37.0 Å². The van der Waals surface area contributed by atoms with Crippen LogP contribution in [0.4, 0.5) is 0 Å². The molecule has 102 valence electrons. The zero-order valence-electron chi connectivity index (χ0n) is 10.5. The summed E-state index contributed by atoms with van der Waals surface area (Å²) in [6.45, 7) is 1.64. The fourth-order valence-electron chi connectivity index (χ4n) is 1.72. The molecule has 0 aromatic heterocycles. The van der Waals surface area contributed by atoms with Gasteiger partial charge in [-0.3, -0.25) is 0 Å². The Kier molecular flexibility index (Phi) is 6.12. The van der Waals surface area contributed by atoms with Gasteiger partial charge in [-0.1, -0.05) is 30.7 Å². The van der Waals surface area contributed by atoms with Gasteiger partial charge in [0.15, 0.2) is 0 Å². The van der Waals surface area contributed by atoms with Gasteiger partial charge >= 0.3 is 0 Å². The first-order valence-electron chi connectivity index (χ1n) is 6.06. The summed E-state index contributed by atoms with van der Waals surface area (Å²) in [6, 6.07) is 7.34. The largest absolute Gasteiger partial charge is 0.393 e. The van der Waals surface area contributed by atoms with Crippen LogP contribution in [0.1, 0.15) is 25.3 Å². The summed E-state index contributed by atoms with van der Waals surface area (Å²) in [6.07, 6.45) is 0.978. The molecule has 1 atom stereocenters. The molecule has 0 spiro atoms. The second-order valence-corrected chi connectivity index (χ2v) is 7.28. The lowest BCUT2D eigenvalue weighted by Crippen LogP contribution is -2.14. The number of hydrogen-bond donors (Lipinski definition) is 1. The summed E-state index contributed by atoms with van der Waals surface area (Å²) < 4.78 is 22.6. The minimum atomic E-state index is -2.93. The number of rotatable bonds is 7. The number of sulfone groups is 1. The molecule has 0 aliphatic heterocycles. The van der Waals surface area contributed by atoms with Crippen LogP contribution in [0.3, 0.4) is 0 Å². The van der Waals surface area contributed by atoms with Crippen molar-refractivity contribution in [1.82, 2.24) is 0 Å².